The molecule has 1 aliphatic carbocycles. The Morgan fingerprint density at radius 1 is 1.23 bits per heavy atom. The van der Waals surface area contributed by atoms with E-state index in [-0.39, 0.29) is 5.92 Å². The van der Waals surface area contributed by atoms with Gasteiger partial charge in [-0.3, -0.25) is 9.78 Å². The van der Waals surface area contributed by atoms with Crippen molar-refractivity contribution in [1.82, 2.24) is 34.6 Å². The van der Waals surface area contributed by atoms with Crippen molar-refractivity contribution in [1.29, 1.82) is 0 Å². The second-order valence-electron chi connectivity index (χ2n) is 7.09. The fraction of sp³-hybridized carbons (Fsp3) is 0.368. The Bertz CT molecular complexity index is 1030. The van der Waals surface area contributed by atoms with Crippen LogP contribution in [0.3, 0.4) is 0 Å². The van der Waals surface area contributed by atoms with Crippen molar-refractivity contribution in [3.63, 3.8) is 0 Å². The quantitative estimate of drug-likeness (QED) is 0.612. The molecule has 1 saturated carbocycles. The average Bonchev–Trinajstić information content (AvgIpc) is 3.43. The van der Waals surface area contributed by atoms with Gasteiger partial charge in [0.15, 0.2) is 5.82 Å². The molecular weight excluding hydrogens is 399 g/mol. The molecule has 156 valence electrons. The molecule has 0 radical (unpaired) electrons. The molecule has 11 heteroatoms. The van der Waals surface area contributed by atoms with Crippen LogP contribution in [0.25, 0.3) is 5.95 Å². The third kappa shape index (κ3) is 4.14. The highest BCUT2D eigenvalue weighted by Crippen LogP contribution is 2.36. The Balaban J connectivity index is 1.65. The molecule has 3 heterocycles. The number of hydrogen-bond acceptors (Lipinski definition) is 6. The first-order valence-electron chi connectivity index (χ1n) is 9.35. The molecule has 1 amide bonds. The normalized spacial score (nSPS) is 15.1. The van der Waals surface area contributed by atoms with Gasteiger partial charge in [0.2, 0.25) is 0 Å². The van der Waals surface area contributed by atoms with Crippen molar-refractivity contribution in [3.8, 4) is 5.95 Å². The summed E-state index contributed by atoms with van der Waals surface area (Å²) in [7, 11) is 0. The van der Waals surface area contributed by atoms with Crippen LogP contribution < -0.4 is 0 Å². The van der Waals surface area contributed by atoms with Crippen molar-refractivity contribution in [2.24, 2.45) is 5.92 Å². The standard InChI is InChI=1S/C19H18F3N7O/c1-12(16-26-11-29(27-16)18-24-6-2-7-25-18)28(10-13-3-4-13)17(30)14-5-8-23-9-15(14)19(20,21)22/h2,5-9,11-13H,3-4,10H2,1H3. The maximum Gasteiger partial charge on any atom is 0.418 e. The van der Waals surface area contributed by atoms with E-state index in [2.05, 4.69) is 25.0 Å². The molecule has 1 atom stereocenters. The van der Waals surface area contributed by atoms with Crippen molar-refractivity contribution in [3.05, 3.63) is 60.2 Å². The number of pyridine rings is 1. The van der Waals surface area contributed by atoms with Crippen LogP contribution in [0.4, 0.5) is 13.2 Å². The fourth-order valence-electron chi connectivity index (χ4n) is 3.07. The Hall–Kier alpha value is -3.37. The van der Waals surface area contributed by atoms with Crippen LogP contribution in [0.1, 0.15) is 47.6 Å². The number of hydrogen-bond donors (Lipinski definition) is 0. The third-order valence-corrected chi connectivity index (χ3v) is 4.88. The van der Waals surface area contributed by atoms with Crippen LogP contribution in [0.5, 0.6) is 0 Å². The number of alkyl halides is 3. The lowest BCUT2D eigenvalue weighted by Crippen LogP contribution is -2.37. The van der Waals surface area contributed by atoms with Gasteiger partial charge in [-0.25, -0.2) is 15.0 Å². The summed E-state index contributed by atoms with van der Waals surface area (Å²) in [4.78, 5) is 30.5. The molecule has 0 bridgehead atoms. The maximum absolute atomic E-state index is 13.4. The molecule has 4 rings (SSSR count). The van der Waals surface area contributed by atoms with Crippen LogP contribution in [0.15, 0.2) is 43.2 Å². The van der Waals surface area contributed by atoms with Gasteiger partial charge >= 0.3 is 6.18 Å². The Morgan fingerprint density at radius 2 is 1.97 bits per heavy atom. The number of nitrogens with zero attached hydrogens (tertiary/aromatic N) is 7. The summed E-state index contributed by atoms with van der Waals surface area (Å²) < 4.78 is 41.6. The van der Waals surface area contributed by atoms with E-state index in [1.807, 2.05) is 0 Å². The van der Waals surface area contributed by atoms with Gasteiger partial charge in [-0.15, -0.1) is 5.10 Å². The summed E-state index contributed by atoms with van der Waals surface area (Å²) in [5, 5.41) is 4.33. The van der Waals surface area contributed by atoms with Gasteiger partial charge in [0.25, 0.3) is 11.9 Å². The third-order valence-electron chi connectivity index (χ3n) is 4.88. The van der Waals surface area contributed by atoms with Crippen LogP contribution in [0, 0.1) is 5.92 Å². The van der Waals surface area contributed by atoms with Gasteiger partial charge in [0.1, 0.15) is 6.33 Å². The zero-order chi connectivity index (χ0) is 21.3. The number of halogens is 3. The minimum Gasteiger partial charge on any atom is -0.328 e. The summed E-state index contributed by atoms with van der Waals surface area (Å²) >= 11 is 0. The lowest BCUT2D eigenvalue weighted by molar-refractivity contribution is -0.138. The zero-order valence-electron chi connectivity index (χ0n) is 16.0. The molecule has 30 heavy (non-hydrogen) atoms. The van der Waals surface area contributed by atoms with Crippen molar-refractivity contribution >= 4 is 5.91 Å². The first-order chi connectivity index (χ1) is 14.3. The molecule has 3 aromatic heterocycles. The molecular formula is C19H18F3N7O. The van der Waals surface area contributed by atoms with Gasteiger partial charge in [0, 0.05) is 31.3 Å². The molecule has 1 fully saturated rings. The number of carbonyl (C=O) groups is 1. The van der Waals surface area contributed by atoms with E-state index in [1.165, 1.54) is 22.1 Å². The highest BCUT2D eigenvalue weighted by atomic mass is 19.4. The molecule has 0 saturated heterocycles. The molecule has 1 unspecified atom stereocenters. The van der Waals surface area contributed by atoms with Crippen molar-refractivity contribution in [2.75, 3.05) is 6.54 Å². The summed E-state index contributed by atoms with van der Waals surface area (Å²) in [6.45, 7) is 2.02. The zero-order valence-corrected chi connectivity index (χ0v) is 16.0. The Kier molecular flexibility index (Phi) is 5.18. The molecule has 3 aromatic rings. The fourth-order valence-corrected chi connectivity index (χ4v) is 3.07. The topological polar surface area (TPSA) is 89.7 Å². The van der Waals surface area contributed by atoms with Crippen LogP contribution in [0.2, 0.25) is 0 Å². The van der Waals surface area contributed by atoms with Crippen molar-refractivity contribution < 1.29 is 18.0 Å². The number of amides is 1. The van der Waals surface area contributed by atoms with Gasteiger partial charge in [-0.1, -0.05) is 0 Å². The van der Waals surface area contributed by atoms with Crippen LogP contribution >= 0.6 is 0 Å². The maximum atomic E-state index is 13.4. The average molecular weight is 417 g/mol. The number of rotatable bonds is 6. The summed E-state index contributed by atoms with van der Waals surface area (Å²) in [6.07, 6.45) is 3.55. The lowest BCUT2D eigenvalue weighted by atomic mass is 10.1. The summed E-state index contributed by atoms with van der Waals surface area (Å²) in [5.74, 6) is 0.125. The van der Waals surface area contributed by atoms with E-state index in [4.69, 9.17) is 0 Å². The summed E-state index contributed by atoms with van der Waals surface area (Å²) in [5.41, 5.74) is -1.49. The molecule has 1 aliphatic rings. The second-order valence-corrected chi connectivity index (χ2v) is 7.09. The number of carbonyl (C=O) groups excluding carboxylic acids is 1. The highest BCUT2D eigenvalue weighted by Gasteiger charge is 2.39. The van der Waals surface area contributed by atoms with E-state index >= 15 is 0 Å². The van der Waals surface area contributed by atoms with E-state index in [0.29, 0.717) is 24.5 Å². The predicted octanol–water partition coefficient (Wildman–Crippen LogP) is 3.08. The predicted molar refractivity (Wildman–Crippen MR) is 98.4 cm³/mol. The SMILES string of the molecule is CC(c1ncn(-c2ncccn2)n1)N(CC1CC1)C(=O)c1ccncc1C(F)(F)F. The van der Waals surface area contributed by atoms with E-state index in [1.54, 1.807) is 25.4 Å². The Morgan fingerprint density at radius 3 is 2.63 bits per heavy atom. The lowest BCUT2D eigenvalue weighted by Gasteiger charge is -2.28. The van der Waals surface area contributed by atoms with E-state index < -0.39 is 29.3 Å². The van der Waals surface area contributed by atoms with Crippen LogP contribution in [-0.2, 0) is 6.18 Å². The first-order valence-corrected chi connectivity index (χ1v) is 9.35. The molecule has 0 N–H and O–H groups in total. The molecule has 0 spiro atoms. The molecule has 0 aromatic carbocycles. The van der Waals surface area contributed by atoms with Gasteiger partial charge < -0.3 is 4.90 Å². The van der Waals surface area contributed by atoms with E-state index in [0.717, 1.165) is 18.9 Å². The van der Waals surface area contributed by atoms with Crippen LogP contribution in [-0.4, -0.2) is 47.1 Å². The molecule has 8 nitrogen and oxygen atoms in total. The summed E-state index contributed by atoms with van der Waals surface area (Å²) in [6, 6.07) is 2.12. The Labute approximate surface area is 169 Å². The minimum absolute atomic E-state index is 0.257. The minimum atomic E-state index is -4.68. The highest BCUT2D eigenvalue weighted by molar-refractivity contribution is 5.96. The van der Waals surface area contributed by atoms with Gasteiger partial charge in [-0.05, 0) is 37.8 Å². The molecule has 0 aliphatic heterocycles. The van der Waals surface area contributed by atoms with Gasteiger partial charge in [0.05, 0.1) is 17.2 Å². The number of aromatic nitrogens is 6. The van der Waals surface area contributed by atoms with Gasteiger partial charge in [-0.2, -0.15) is 17.9 Å². The van der Waals surface area contributed by atoms with E-state index in [9.17, 15) is 18.0 Å². The largest absolute Gasteiger partial charge is 0.418 e. The van der Waals surface area contributed by atoms with Crippen molar-refractivity contribution in [2.45, 2.75) is 32.0 Å². The second kappa shape index (κ2) is 7.81. The monoisotopic (exact) mass is 417 g/mol. The smallest absolute Gasteiger partial charge is 0.328 e. The first kappa shape index (κ1) is 19.9.